The Morgan fingerprint density at radius 2 is 1.78 bits per heavy atom. The number of aryl methyl sites for hydroxylation is 1. The lowest BCUT2D eigenvalue weighted by atomic mass is 9.87. The molecule has 0 spiro atoms. The minimum atomic E-state index is -3.70. The van der Waals surface area contributed by atoms with E-state index in [1.165, 1.54) is 6.92 Å². The van der Waals surface area contributed by atoms with Crippen LogP contribution in [-0.4, -0.2) is 38.7 Å². The van der Waals surface area contributed by atoms with Gasteiger partial charge in [-0.15, -0.1) is 0 Å². The van der Waals surface area contributed by atoms with E-state index in [0.717, 1.165) is 40.7 Å². The number of sulfonamides is 1. The maximum absolute atomic E-state index is 13.4. The molecule has 190 valence electrons. The van der Waals surface area contributed by atoms with Crippen LogP contribution in [0.15, 0.2) is 65.6 Å². The Labute approximate surface area is 212 Å². The zero-order valence-corrected chi connectivity index (χ0v) is 21.1. The summed E-state index contributed by atoms with van der Waals surface area (Å²) in [5.74, 6) is 1.58. The zero-order chi connectivity index (χ0) is 25.5. The molecule has 0 radical (unpaired) electrons. The number of fused-ring (bicyclic) bond motifs is 1. The summed E-state index contributed by atoms with van der Waals surface area (Å²) in [5.41, 5.74) is 4.28. The summed E-state index contributed by atoms with van der Waals surface area (Å²) in [4.78, 5) is 13.6. The van der Waals surface area contributed by atoms with Gasteiger partial charge in [0.2, 0.25) is 16.8 Å². The molecule has 3 aromatic rings. The van der Waals surface area contributed by atoms with Crippen molar-refractivity contribution in [2.75, 3.05) is 13.3 Å². The van der Waals surface area contributed by atoms with Crippen molar-refractivity contribution < 1.29 is 29.2 Å². The largest absolute Gasteiger partial charge is 0.454 e. The van der Waals surface area contributed by atoms with Crippen molar-refractivity contribution in [1.82, 2.24) is 4.72 Å². The molecule has 1 atom stereocenters. The average Bonchev–Trinajstić information content (AvgIpc) is 3.55. The van der Waals surface area contributed by atoms with E-state index in [9.17, 15) is 18.3 Å². The van der Waals surface area contributed by atoms with Crippen LogP contribution in [0.1, 0.15) is 37.9 Å². The predicted octanol–water partition coefficient (Wildman–Crippen LogP) is 4.14. The van der Waals surface area contributed by atoms with Crippen molar-refractivity contribution in [3.63, 3.8) is 0 Å². The molecule has 0 saturated heterocycles. The molecule has 1 fully saturated rings. The second-order valence-electron chi connectivity index (χ2n) is 9.62. The second-order valence-corrected chi connectivity index (χ2v) is 11.4. The van der Waals surface area contributed by atoms with Gasteiger partial charge >= 0.3 is 0 Å². The van der Waals surface area contributed by atoms with Crippen LogP contribution in [-0.2, 0) is 26.7 Å². The topological polar surface area (TPSA) is 102 Å². The molecule has 2 aliphatic rings. The lowest BCUT2D eigenvalue weighted by Gasteiger charge is -2.16. The monoisotopic (exact) mass is 509 g/mol. The second kappa shape index (κ2) is 9.35. The number of ketones is 1. The minimum Gasteiger partial charge on any atom is -0.454 e. The molecule has 0 bridgehead atoms. The van der Waals surface area contributed by atoms with E-state index in [-0.39, 0.29) is 25.4 Å². The summed E-state index contributed by atoms with van der Waals surface area (Å²) < 4.78 is 38.2. The number of benzene rings is 3. The number of rotatable bonds is 9. The van der Waals surface area contributed by atoms with Crippen LogP contribution in [0.3, 0.4) is 0 Å². The third kappa shape index (κ3) is 4.76. The van der Waals surface area contributed by atoms with Crippen molar-refractivity contribution >= 4 is 15.8 Å². The van der Waals surface area contributed by atoms with Gasteiger partial charge in [0.05, 0.1) is 16.4 Å². The average molecular weight is 510 g/mol. The molecule has 2 N–H and O–H groups in total. The molecule has 1 heterocycles. The van der Waals surface area contributed by atoms with E-state index in [2.05, 4.69) is 4.72 Å². The van der Waals surface area contributed by atoms with E-state index in [4.69, 9.17) is 9.47 Å². The molecule has 3 aromatic carbocycles. The van der Waals surface area contributed by atoms with Crippen LogP contribution < -0.4 is 14.2 Å². The molecule has 5 rings (SSSR count). The number of carbonyl (C=O) groups excluding carboxylic acids is 1. The molecular weight excluding hydrogens is 478 g/mol. The first kappa shape index (κ1) is 24.5. The fourth-order valence-corrected chi connectivity index (χ4v) is 5.74. The van der Waals surface area contributed by atoms with Gasteiger partial charge in [-0.3, -0.25) is 4.79 Å². The summed E-state index contributed by atoms with van der Waals surface area (Å²) in [5, 5.41) is 9.37. The van der Waals surface area contributed by atoms with Crippen molar-refractivity contribution in [3.8, 4) is 22.6 Å². The molecule has 8 heteroatoms. The normalized spacial score (nSPS) is 16.5. The number of ether oxygens (including phenoxy) is 2. The van der Waals surface area contributed by atoms with E-state index in [0.29, 0.717) is 17.9 Å². The van der Waals surface area contributed by atoms with Crippen molar-refractivity contribution in [2.45, 2.75) is 49.5 Å². The van der Waals surface area contributed by atoms with Gasteiger partial charge < -0.3 is 14.6 Å². The van der Waals surface area contributed by atoms with Gasteiger partial charge in [0, 0.05) is 14.4 Å². The van der Waals surface area contributed by atoms with Gasteiger partial charge in [0.25, 0.3) is 0 Å². The highest BCUT2D eigenvalue weighted by molar-refractivity contribution is 7.89. The molecule has 36 heavy (non-hydrogen) atoms. The van der Waals surface area contributed by atoms with Crippen LogP contribution in [0.25, 0.3) is 11.1 Å². The highest BCUT2D eigenvalue weighted by Gasteiger charge is 2.50. The number of aliphatic hydroxyl groups is 1. The standard InChI is InChI=1S/C28H29NO6S.H2/c1-18-3-4-20(13-24(18)21-5-8-23(9-6-21)36(32,33)29-16-19(2)30)14-27(31)28(11-12-28)22-7-10-25-26(15-22)35-17-34-25;/h3-10,13,15,19,29-30H,11-12,14,16-17H2,1-2H3;1H/t19-;/m1./s1. The highest BCUT2D eigenvalue weighted by atomic mass is 32.2. The molecule has 7 nitrogen and oxygen atoms in total. The molecular formula is C28H31NO6S. The Hall–Kier alpha value is -3.20. The molecule has 1 aliphatic heterocycles. The Morgan fingerprint density at radius 3 is 2.47 bits per heavy atom. The molecule has 0 amide bonds. The number of hydrogen-bond acceptors (Lipinski definition) is 6. The number of Topliss-reactive ketones (excluding diaryl/α,β-unsaturated/α-hetero) is 1. The van der Waals surface area contributed by atoms with Gasteiger partial charge in [-0.2, -0.15) is 0 Å². The number of nitrogens with one attached hydrogen (secondary N) is 1. The van der Waals surface area contributed by atoms with Crippen LogP contribution in [0.5, 0.6) is 11.5 Å². The number of aliphatic hydroxyl groups excluding tert-OH is 1. The van der Waals surface area contributed by atoms with Gasteiger partial charge in [-0.1, -0.05) is 36.4 Å². The van der Waals surface area contributed by atoms with Crippen molar-refractivity contribution in [2.24, 2.45) is 0 Å². The number of hydrogen-bond donors (Lipinski definition) is 2. The zero-order valence-electron chi connectivity index (χ0n) is 20.3. The Balaban J connectivity index is 0.00000320. The Morgan fingerprint density at radius 1 is 1.06 bits per heavy atom. The fourth-order valence-electron chi connectivity index (χ4n) is 4.62. The summed E-state index contributed by atoms with van der Waals surface area (Å²) >= 11 is 0. The lowest BCUT2D eigenvalue weighted by molar-refractivity contribution is -0.120. The Kier molecular flexibility index (Phi) is 6.36. The summed E-state index contributed by atoms with van der Waals surface area (Å²) in [7, 11) is -3.70. The molecule has 0 aromatic heterocycles. The van der Waals surface area contributed by atoms with Crippen molar-refractivity contribution in [3.05, 3.63) is 77.4 Å². The maximum Gasteiger partial charge on any atom is 0.240 e. The highest BCUT2D eigenvalue weighted by Crippen LogP contribution is 2.51. The van der Waals surface area contributed by atoms with E-state index in [1.54, 1.807) is 24.3 Å². The predicted molar refractivity (Wildman–Crippen MR) is 138 cm³/mol. The van der Waals surface area contributed by atoms with Crippen LogP contribution >= 0.6 is 0 Å². The first-order valence-corrected chi connectivity index (χ1v) is 13.5. The Bertz CT molecular complexity index is 1420. The van der Waals surface area contributed by atoms with Crippen LogP contribution in [0.2, 0.25) is 0 Å². The number of carbonyl (C=O) groups is 1. The lowest BCUT2D eigenvalue weighted by Crippen LogP contribution is -2.30. The fraction of sp³-hybridized carbons (Fsp3) is 0.321. The summed E-state index contributed by atoms with van der Waals surface area (Å²) in [6, 6.07) is 18.4. The first-order chi connectivity index (χ1) is 17.2. The SMILES string of the molecule is Cc1ccc(CC(=O)C2(c3ccc4c(c3)OCO4)CC2)cc1-c1ccc(S(=O)(=O)NC[C@@H](C)O)cc1.[HH]. The minimum absolute atomic E-state index is 0. The van der Waals surface area contributed by atoms with E-state index < -0.39 is 21.5 Å². The van der Waals surface area contributed by atoms with Crippen LogP contribution in [0.4, 0.5) is 0 Å². The van der Waals surface area contributed by atoms with Crippen molar-refractivity contribution in [1.29, 1.82) is 0 Å². The summed E-state index contributed by atoms with van der Waals surface area (Å²) in [6.45, 7) is 3.67. The molecule has 1 saturated carbocycles. The van der Waals surface area contributed by atoms with E-state index >= 15 is 0 Å². The van der Waals surface area contributed by atoms with Crippen LogP contribution in [0, 0.1) is 6.92 Å². The third-order valence-electron chi connectivity index (χ3n) is 6.92. The molecule has 0 unspecified atom stereocenters. The van der Waals surface area contributed by atoms with Gasteiger partial charge in [0.15, 0.2) is 11.5 Å². The third-order valence-corrected chi connectivity index (χ3v) is 8.36. The van der Waals surface area contributed by atoms with E-state index in [1.807, 2.05) is 43.3 Å². The van der Waals surface area contributed by atoms with Gasteiger partial charge in [0.1, 0.15) is 5.78 Å². The van der Waals surface area contributed by atoms with Gasteiger partial charge in [-0.05, 0) is 78.8 Å². The smallest absolute Gasteiger partial charge is 0.240 e. The first-order valence-electron chi connectivity index (χ1n) is 12.0. The quantitative estimate of drug-likeness (QED) is 0.450. The molecule has 1 aliphatic carbocycles. The summed E-state index contributed by atoms with van der Waals surface area (Å²) in [6.07, 6.45) is 1.19. The maximum atomic E-state index is 13.4. The van der Waals surface area contributed by atoms with Gasteiger partial charge in [-0.25, -0.2) is 13.1 Å².